The summed E-state index contributed by atoms with van der Waals surface area (Å²) in [4.78, 5) is 8.24. The summed E-state index contributed by atoms with van der Waals surface area (Å²) < 4.78 is 72.1. The summed E-state index contributed by atoms with van der Waals surface area (Å²) in [5.74, 6) is -2.04. The number of azo groups is 1. The van der Waals surface area contributed by atoms with E-state index in [2.05, 4.69) is 10.2 Å². The van der Waals surface area contributed by atoms with E-state index in [0.717, 1.165) is 18.2 Å². The predicted octanol–water partition coefficient (Wildman–Crippen LogP) is -0.262. The summed E-state index contributed by atoms with van der Waals surface area (Å²) in [7, 11) is -8.97. The molecule has 0 fully saturated rings. The monoisotopic (exact) mass is 521 g/mol. The minimum Gasteiger partial charge on any atom is -0.744 e. The van der Waals surface area contributed by atoms with E-state index in [1.165, 1.54) is 7.11 Å². The first kappa shape index (κ1) is 27.4. The van der Waals surface area contributed by atoms with E-state index in [4.69, 9.17) is 4.74 Å². The molecular formula is C17H12N3NaO11S2. The van der Waals surface area contributed by atoms with E-state index < -0.39 is 62.9 Å². The number of methoxy groups -OCH3 is 1. The molecule has 14 nitrogen and oxygen atoms in total. The van der Waals surface area contributed by atoms with Crippen molar-refractivity contribution in [2.45, 2.75) is 9.79 Å². The zero-order valence-electron chi connectivity index (χ0n) is 17.2. The summed E-state index contributed by atoms with van der Waals surface area (Å²) in [5.41, 5.74) is -1.31. The van der Waals surface area contributed by atoms with Crippen molar-refractivity contribution < 1.29 is 75.4 Å². The van der Waals surface area contributed by atoms with Gasteiger partial charge in [0.1, 0.15) is 32.1 Å². The number of nitrogens with zero attached hydrogens (tertiary/aromatic N) is 3. The number of phenolic OH excluding ortho intramolecular Hbond substituents is 2. The van der Waals surface area contributed by atoms with Gasteiger partial charge < -0.3 is 19.5 Å². The molecule has 0 amide bonds. The Morgan fingerprint density at radius 3 is 2.21 bits per heavy atom. The average Bonchev–Trinajstić information content (AvgIpc) is 2.70. The number of nitro groups is 1. The summed E-state index contributed by atoms with van der Waals surface area (Å²) in [6, 6.07) is 5.07. The quantitative estimate of drug-likeness (QED) is 0.126. The van der Waals surface area contributed by atoms with Gasteiger partial charge in [-0.05, 0) is 29.7 Å². The van der Waals surface area contributed by atoms with Gasteiger partial charge in [0.2, 0.25) is 0 Å². The van der Waals surface area contributed by atoms with Gasteiger partial charge in [0, 0.05) is 6.07 Å². The molecule has 0 spiro atoms. The van der Waals surface area contributed by atoms with Crippen LogP contribution in [-0.2, 0) is 20.2 Å². The van der Waals surface area contributed by atoms with Gasteiger partial charge in [-0.1, -0.05) is 0 Å². The number of aromatic hydroxyl groups is 2. The molecule has 3 aromatic carbocycles. The van der Waals surface area contributed by atoms with E-state index in [1.54, 1.807) is 0 Å². The van der Waals surface area contributed by atoms with Crippen molar-refractivity contribution in [1.82, 2.24) is 0 Å². The minimum atomic E-state index is -5.09. The Balaban J connectivity index is 0.00000408. The fraction of sp³-hybridized carbons (Fsp3) is 0.0588. The molecule has 0 aromatic heterocycles. The third kappa shape index (κ3) is 5.44. The van der Waals surface area contributed by atoms with Crippen LogP contribution in [0.1, 0.15) is 0 Å². The first-order chi connectivity index (χ1) is 15.2. The Bertz CT molecular complexity index is 1550. The maximum absolute atomic E-state index is 11.9. The number of rotatable bonds is 6. The van der Waals surface area contributed by atoms with E-state index in [0.29, 0.717) is 18.2 Å². The zero-order chi connectivity index (χ0) is 24.7. The van der Waals surface area contributed by atoms with Crippen molar-refractivity contribution in [2.75, 3.05) is 7.11 Å². The largest absolute Gasteiger partial charge is 1.00 e. The Morgan fingerprint density at radius 1 is 1.03 bits per heavy atom. The number of benzene rings is 3. The van der Waals surface area contributed by atoms with Gasteiger partial charge in [0.15, 0.2) is 11.5 Å². The summed E-state index contributed by atoms with van der Waals surface area (Å²) >= 11 is 0. The topological polar surface area (TPSA) is 229 Å². The normalized spacial score (nSPS) is 12.0. The van der Waals surface area contributed by atoms with Crippen molar-refractivity contribution in [3.05, 3.63) is 46.5 Å². The molecular weight excluding hydrogens is 509 g/mol. The number of hydrogen-bond donors (Lipinski definition) is 3. The van der Waals surface area contributed by atoms with Crippen LogP contribution in [-0.4, -0.2) is 48.2 Å². The fourth-order valence-electron chi connectivity index (χ4n) is 2.84. The Morgan fingerprint density at radius 2 is 1.68 bits per heavy atom. The van der Waals surface area contributed by atoms with Crippen LogP contribution in [0.2, 0.25) is 0 Å². The SMILES string of the molecule is COc1cc([N+](=O)[O-])ccc1N=Nc1c(S(=O)(=O)O)cc2cc(S(=O)(=O)[O-])cc(O)c2c1O.[Na+]. The van der Waals surface area contributed by atoms with Crippen LogP contribution < -0.4 is 34.3 Å². The maximum atomic E-state index is 11.9. The fourth-order valence-corrected chi connectivity index (χ4v) is 4.03. The molecule has 0 aliphatic carbocycles. The number of fused-ring (bicyclic) bond motifs is 1. The Hall–Kier alpha value is -2.86. The van der Waals surface area contributed by atoms with Crippen molar-refractivity contribution in [3.63, 3.8) is 0 Å². The molecule has 0 unspecified atom stereocenters. The molecule has 0 radical (unpaired) electrons. The van der Waals surface area contributed by atoms with Gasteiger partial charge in [0.05, 0.1) is 28.4 Å². The van der Waals surface area contributed by atoms with Gasteiger partial charge in [-0.15, -0.1) is 10.2 Å². The second kappa shape index (κ2) is 9.79. The summed E-state index contributed by atoms with van der Waals surface area (Å²) in [5, 5.41) is 37.9. The molecule has 3 rings (SSSR count). The van der Waals surface area contributed by atoms with Crippen LogP contribution in [0.25, 0.3) is 10.8 Å². The molecule has 0 atom stereocenters. The second-order valence-corrected chi connectivity index (χ2v) is 9.12. The Kier molecular flexibility index (Phi) is 7.88. The van der Waals surface area contributed by atoms with Gasteiger partial charge >= 0.3 is 29.6 Å². The maximum Gasteiger partial charge on any atom is 1.00 e. The van der Waals surface area contributed by atoms with Crippen molar-refractivity contribution in [1.29, 1.82) is 0 Å². The van der Waals surface area contributed by atoms with Gasteiger partial charge in [-0.25, -0.2) is 8.42 Å². The molecule has 0 bridgehead atoms. The van der Waals surface area contributed by atoms with E-state index in [1.807, 2.05) is 0 Å². The van der Waals surface area contributed by atoms with Crippen LogP contribution in [0.4, 0.5) is 17.1 Å². The molecule has 0 saturated heterocycles. The number of ether oxygens (including phenoxy) is 1. The van der Waals surface area contributed by atoms with Gasteiger partial charge in [0.25, 0.3) is 15.8 Å². The molecule has 0 aliphatic rings. The zero-order valence-corrected chi connectivity index (χ0v) is 20.9. The van der Waals surface area contributed by atoms with Crippen molar-refractivity contribution >= 4 is 48.1 Å². The average molecular weight is 521 g/mol. The number of non-ortho nitro benzene ring substituents is 1. The number of hydrogen-bond acceptors (Lipinski definition) is 12. The first-order valence-electron chi connectivity index (χ1n) is 8.44. The van der Waals surface area contributed by atoms with Crippen LogP contribution in [0.15, 0.2) is 56.4 Å². The molecule has 3 N–H and O–H groups in total. The minimum absolute atomic E-state index is 0. The smallest absolute Gasteiger partial charge is 0.744 e. The van der Waals surface area contributed by atoms with Crippen LogP contribution in [0.3, 0.4) is 0 Å². The molecule has 0 saturated carbocycles. The van der Waals surface area contributed by atoms with E-state index >= 15 is 0 Å². The summed E-state index contributed by atoms with van der Waals surface area (Å²) in [6.45, 7) is 0. The van der Waals surface area contributed by atoms with Crippen LogP contribution in [0.5, 0.6) is 17.2 Å². The Labute approximate surface area is 213 Å². The van der Waals surface area contributed by atoms with Crippen LogP contribution >= 0.6 is 0 Å². The third-order valence-corrected chi connectivity index (χ3v) is 5.98. The standard InChI is InChI=1S/C17H13N3O11S2.Na/c1-31-13-6-9(20(23)24)2-3-11(13)18-19-16-14(33(28,29)30)5-8-4-10(32(25,26)27)7-12(21)15(8)17(16)22;/h2-7,21-22H,1H3,(H,25,26,27)(H,28,29,30);/q;+1/p-1. The first-order valence-corrected chi connectivity index (χ1v) is 11.3. The molecule has 3 aromatic rings. The predicted molar refractivity (Wildman–Crippen MR) is 109 cm³/mol. The molecule has 174 valence electrons. The third-order valence-electron chi connectivity index (χ3n) is 4.30. The van der Waals surface area contributed by atoms with Crippen molar-refractivity contribution in [2.24, 2.45) is 10.2 Å². The van der Waals surface area contributed by atoms with Crippen molar-refractivity contribution in [3.8, 4) is 17.2 Å². The molecule has 17 heteroatoms. The van der Waals surface area contributed by atoms with Gasteiger partial charge in [-0.3, -0.25) is 14.7 Å². The number of phenols is 2. The molecule has 0 aliphatic heterocycles. The second-order valence-electron chi connectivity index (χ2n) is 6.35. The summed E-state index contributed by atoms with van der Waals surface area (Å²) in [6.07, 6.45) is 0. The number of nitro benzene ring substituents is 1. The van der Waals surface area contributed by atoms with E-state index in [9.17, 15) is 46.3 Å². The van der Waals surface area contributed by atoms with Gasteiger partial charge in [-0.2, -0.15) is 8.42 Å². The molecule has 0 heterocycles. The molecule has 34 heavy (non-hydrogen) atoms. The van der Waals surface area contributed by atoms with Crippen LogP contribution in [0, 0.1) is 10.1 Å². The van der Waals surface area contributed by atoms with E-state index in [-0.39, 0.29) is 46.7 Å².